The lowest BCUT2D eigenvalue weighted by Gasteiger charge is -2.61. The Morgan fingerprint density at radius 1 is 1.10 bits per heavy atom. The van der Waals surface area contributed by atoms with Crippen molar-refractivity contribution in [3.63, 3.8) is 0 Å². The molecule has 0 aliphatic heterocycles. The van der Waals surface area contributed by atoms with Gasteiger partial charge in [-0.15, -0.1) is 0 Å². The van der Waals surface area contributed by atoms with Crippen LogP contribution in [-0.4, -0.2) is 57.8 Å². The predicted molar refractivity (Wildman–Crippen MR) is 145 cm³/mol. The van der Waals surface area contributed by atoms with E-state index >= 15 is 0 Å². The highest BCUT2D eigenvalue weighted by Gasteiger charge is 2.68. The van der Waals surface area contributed by atoms with Crippen LogP contribution >= 0.6 is 0 Å². The summed E-state index contributed by atoms with van der Waals surface area (Å²) in [6.07, 6.45) is 3.24. The van der Waals surface area contributed by atoms with Gasteiger partial charge in [-0.2, -0.15) is 8.42 Å². The van der Waals surface area contributed by atoms with Crippen LogP contribution in [0.1, 0.15) is 71.8 Å². The number of hydrogen-bond acceptors (Lipinski definition) is 8. The maximum absolute atomic E-state index is 14.1. The zero-order valence-electron chi connectivity index (χ0n) is 24.1. The molecule has 1 aromatic carbocycles. The quantitative estimate of drug-likeness (QED) is 0.364. The fourth-order valence-electron chi connectivity index (χ4n) is 8.23. The van der Waals surface area contributed by atoms with Crippen molar-refractivity contribution in [2.24, 2.45) is 34.0 Å². The molecule has 3 fully saturated rings. The minimum atomic E-state index is -4.15. The zero-order chi connectivity index (χ0) is 28.8. The Bertz CT molecular complexity index is 1180. The highest BCUT2D eigenvalue weighted by molar-refractivity contribution is 7.86. The van der Waals surface area contributed by atoms with Crippen LogP contribution in [0.5, 0.6) is 0 Å². The van der Waals surface area contributed by atoms with Crippen LogP contribution in [0.3, 0.4) is 0 Å². The van der Waals surface area contributed by atoms with Gasteiger partial charge in [0.2, 0.25) is 0 Å². The summed E-state index contributed by atoms with van der Waals surface area (Å²) in [4.78, 5) is 27.3. The molecule has 0 radical (unpaired) electrons. The lowest BCUT2D eigenvalue weighted by Crippen LogP contribution is -2.63. The Kier molecular flexibility index (Phi) is 8.41. The monoisotopic (exact) mass is 564 g/mol. The van der Waals surface area contributed by atoms with Crippen molar-refractivity contribution < 1.29 is 36.8 Å². The first-order chi connectivity index (χ1) is 18.2. The number of aliphatic hydroxyl groups is 1. The van der Waals surface area contributed by atoms with Crippen molar-refractivity contribution in [1.29, 1.82) is 0 Å². The Hall–Kier alpha value is -1.81. The molecule has 9 heteroatoms. The average molecular weight is 565 g/mol. The highest BCUT2D eigenvalue weighted by atomic mass is 32.2. The van der Waals surface area contributed by atoms with Gasteiger partial charge >= 0.3 is 5.97 Å². The third-order valence-corrected chi connectivity index (χ3v) is 12.0. The Morgan fingerprint density at radius 2 is 1.74 bits per heavy atom. The van der Waals surface area contributed by atoms with Crippen molar-refractivity contribution in [1.82, 2.24) is 0 Å². The van der Waals surface area contributed by atoms with E-state index in [1.807, 2.05) is 20.8 Å². The molecule has 0 aromatic heterocycles. The van der Waals surface area contributed by atoms with E-state index in [0.29, 0.717) is 0 Å². The number of carbonyl (C=O) groups excluding carboxylic acids is 2. The van der Waals surface area contributed by atoms with E-state index in [9.17, 15) is 23.1 Å². The van der Waals surface area contributed by atoms with Gasteiger partial charge in [-0.25, -0.2) is 4.79 Å². The summed E-state index contributed by atoms with van der Waals surface area (Å²) in [5.74, 6) is -0.758. The van der Waals surface area contributed by atoms with Gasteiger partial charge < -0.3 is 14.6 Å². The minimum Gasteiger partial charge on any atom is -0.460 e. The molecule has 2 bridgehead atoms. The fraction of sp³-hybridized carbons (Fsp3) is 0.733. The van der Waals surface area contributed by atoms with Gasteiger partial charge in [-0.1, -0.05) is 45.4 Å². The summed E-state index contributed by atoms with van der Waals surface area (Å²) in [6, 6.07) is 6.20. The maximum atomic E-state index is 14.1. The summed E-state index contributed by atoms with van der Waals surface area (Å²) < 4.78 is 42.7. The van der Waals surface area contributed by atoms with Crippen LogP contribution in [0.4, 0.5) is 0 Å². The van der Waals surface area contributed by atoms with E-state index in [4.69, 9.17) is 13.7 Å². The standard InChI is InChI=1S/C30H44O8S/c1-19-7-9-22(10-8-19)39(34,35)37-18-25(32)38-24-17-28(4,15-16-31)27(33)21(3)30-13-11-20(2)29(24,5)26(30)23(36-6)12-14-30/h7-10,20-21,23-24,26,31H,11-18H2,1-6H3/t20-,21+,23-,24-,26+,28+,29+,30+/m1/s1. The first kappa shape index (κ1) is 30.2. The number of ether oxygens (including phenoxy) is 2. The molecule has 4 rings (SSSR count). The van der Waals surface area contributed by atoms with Gasteiger partial charge in [0, 0.05) is 36.4 Å². The molecule has 39 heavy (non-hydrogen) atoms. The molecule has 3 aliphatic rings. The first-order valence-electron chi connectivity index (χ1n) is 14.1. The van der Waals surface area contributed by atoms with Crippen molar-refractivity contribution in [3.05, 3.63) is 29.8 Å². The van der Waals surface area contributed by atoms with Gasteiger partial charge in [0.15, 0.2) is 6.61 Å². The highest BCUT2D eigenvalue weighted by Crippen LogP contribution is 2.68. The van der Waals surface area contributed by atoms with Crippen LogP contribution in [0.25, 0.3) is 0 Å². The van der Waals surface area contributed by atoms with E-state index in [-0.39, 0.29) is 59.4 Å². The second kappa shape index (κ2) is 10.9. The molecule has 8 atom stereocenters. The van der Waals surface area contributed by atoms with Gasteiger partial charge in [-0.05, 0) is 68.9 Å². The number of Topliss-reactive ketones (excluding diaryl/α,β-unsaturated/α-hetero) is 1. The molecular weight excluding hydrogens is 520 g/mol. The number of carbonyl (C=O) groups is 2. The number of ketones is 1. The lowest BCUT2D eigenvalue weighted by molar-refractivity contribution is -0.208. The lowest BCUT2D eigenvalue weighted by atomic mass is 9.43. The van der Waals surface area contributed by atoms with E-state index in [1.54, 1.807) is 19.2 Å². The zero-order valence-corrected chi connectivity index (χ0v) is 24.9. The molecule has 0 spiro atoms. The minimum absolute atomic E-state index is 0.00798. The molecule has 0 unspecified atom stereocenters. The van der Waals surface area contributed by atoms with Gasteiger partial charge in [0.25, 0.3) is 10.1 Å². The second-order valence-corrected chi connectivity index (χ2v) is 14.3. The predicted octanol–water partition coefficient (Wildman–Crippen LogP) is 4.46. The molecule has 218 valence electrons. The van der Waals surface area contributed by atoms with Crippen LogP contribution in [0.15, 0.2) is 29.2 Å². The van der Waals surface area contributed by atoms with E-state index in [2.05, 4.69) is 13.8 Å². The van der Waals surface area contributed by atoms with E-state index in [0.717, 1.165) is 31.2 Å². The van der Waals surface area contributed by atoms with Crippen molar-refractivity contribution in [2.45, 2.75) is 90.2 Å². The van der Waals surface area contributed by atoms with Crippen molar-refractivity contribution in [2.75, 3.05) is 20.3 Å². The van der Waals surface area contributed by atoms with Gasteiger partial charge in [0.1, 0.15) is 11.9 Å². The van der Waals surface area contributed by atoms with Gasteiger partial charge in [0.05, 0.1) is 11.0 Å². The Balaban J connectivity index is 1.68. The van der Waals surface area contributed by atoms with Crippen LogP contribution in [0.2, 0.25) is 0 Å². The van der Waals surface area contributed by atoms with Crippen LogP contribution in [0, 0.1) is 40.9 Å². The summed E-state index contributed by atoms with van der Waals surface area (Å²) >= 11 is 0. The number of benzene rings is 1. The summed E-state index contributed by atoms with van der Waals surface area (Å²) in [7, 11) is -2.44. The molecule has 8 nitrogen and oxygen atoms in total. The van der Waals surface area contributed by atoms with Crippen LogP contribution < -0.4 is 0 Å². The van der Waals surface area contributed by atoms with E-state index < -0.39 is 39.6 Å². The Labute approximate surface area is 232 Å². The molecular formula is C30H44O8S. The second-order valence-electron chi connectivity index (χ2n) is 12.7. The number of methoxy groups -OCH3 is 1. The smallest absolute Gasteiger partial charge is 0.333 e. The third-order valence-electron chi connectivity index (χ3n) is 10.7. The topological polar surface area (TPSA) is 116 Å². The summed E-state index contributed by atoms with van der Waals surface area (Å²) in [5.41, 5.74) is -0.798. The largest absolute Gasteiger partial charge is 0.460 e. The SMILES string of the molecule is CO[C@@H]1CC[C@]23CC[C@@H](C)[C@](C)([C@H]12)[C@H](OC(=O)COS(=O)(=O)c1ccc(C)cc1)C[C@](C)(CCO)C(=O)[C@@H]3C. The van der Waals surface area contributed by atoms with E-state index in [1.165, 1.54) is 12.1 Å². The van der Waals surface area contributed by atoms with Crippen molar-refractivity contribution >= 4 is 21.9 Å². The first-order valence-corrected chi connectivity index (χ1v) is 15.5. The number of esters is 1. The molecule has 1 N–H and O–H groups in total. The van der Waals surface area contributed by atoms with Crippen molar-refractivity contribution in [3.8, 4) is 0 Å². The average Bonchev–Trinajstić information content (AvgIpc) is 3.29. The summed E-state index contributed by atoms with van der Waals surface area (Å²) in [5, 5.41) is 9.94. The Morgan fingerprint density at radius 3 is 2.36 bits per heavy atom. The maximum Gasteiger partial charge on any atom is 0.333 e. The molecule has 3 aliphatic carbocycles. The molecule has 1 aromatic rings. The molecule has 3 saturated carbocycles. The molecule has 0 amide bonds. The number of aryl methyl sites for hydroxylation is 1. The molecule has 0 heterocycles. The normalized spacial score (nSPS) is 38.5. The number of rotatable bonds is 8. The van der Waals surface area contributed by atoms with Crippen LogP contribution in [-0.2, 0) is 33.4 Å². The fourth-order valence-corrected chi connectivity index (χ4v) is 9.08. The molecule has 0 saturated heterocycles. The summed E-state index contributed by atoms with van der Waals surface area (Å²) in [6.45, 7) is 9.15. The number of aliphatic hydroxyl groups excluding tert-OH is 1. The third kappa shape index (κ3) is 5.09. The van der Waals surface area contributed by atoms with Gasteiger partial charge in [-0.3, -0.25) is 8.98 Å². The number of hydrogen-bond donors (Lipinski definition) is 1.